The lowest BCUT2D eigenvalue weighted by molar-refractivity contribution is -0.137. The minimum atomic E-state index is -0.989. The average molecular weight is 210 g/mol. The van der Waals surface area contributed by atoms with Crippen LogP contribution in [-0.2, 0) is 9.53 Å². The number of nitrogens with zero attached hydrogens (tertiary/aromatic N) is 2. The largest absolute Gasteiger partial charge is 0.383 e. The molecule has 4 nitrogen and oxygen atoms in total. The van der Waals surface area contributed by atoms with Crippen molar-refractivity contribution in [3.63, 3.8) is 0 Å². The third-order valence-corrected chi connectivity index (χ3v) is 2.02. The van der Waals surface area contributed by atoms with E-state index in [-0.39, 0.29) is 5.91 Å². The van der Waals surface area contributed by atoms with E-state index in [1.165, 1.54) is 0 Å². The molecule has 0 radical (unpaired) electrons. The van der Waals surface area contributed by atoms with Gasteiger partial charge in [-0.3, -0.25) is 4.79 Å². The highest BCUT2D eigenvalue weighted by atomic mass is 16.5. The number of rotatable bonds is 6. The summed E-state index contributed by atoms with van der Waals surface area (Å²) in [5, 5.41) is 8.85. The molecule has 0 aliphatic rings. The molecule has 0 fully saturated rings. The number of nitriles is 1. The molecule has 0 saturated heterocycles. The molecule has 0 atom stereocenters. The highest BCUT2D eigenvalue weighted by Gasteiger charge is 2.31. The van der Waals surface area contributed by atoms with Gasteiger partial charge in [-0.05, 0) is 13.8 Å². The summed E-state index contributed by atoms with van der Waals surface area (Å²) in [5.74, 6) is -0.193. The van der Waals surface area contributed by atoms with Gasteiger partial charge >= 0.3 is 0 Å². The summed E-state index contributed by atoms with van der Waals surface area (Å²) in [5.41, 5.74) is -0.989. The van der Waals surface area contributed by atoms with Gasteiger partial charge in [0, 0.05) is 20.2 Å². The van der Waals surface area contributed by atoms with Crippen molar-refractivity contribution in [2.24, 2.45) is 5.41 Å². The van der Waals surface area contributed by atoms with E-state index in [9.17, 15) is 4.79 Å². The second kappa shape index (κ2) is 6.20. The maximum Gasteiger partial charge on any atom is 0.242 e. The predicted octanol–water partition coefficient (Wildman–Crippen LogP) is 1.20. The molecule has 0 bridgehead atoms. The maximum atomic E-state index is 11.9. The molecule has 0 rings (SSSR count). The van der Waals surface area contributed by atoms with Crippen molar-refractivity contribution < 1.29 is 9.53 Å². The average Bonchev–Trinajstić information content (AvgIpc) is 2.23. The Morgan fingerprint density at radius 3 is 2.67 bits per heavy atom. The molecule has 84 valence electrons. The van der Waals surface area contributed by atoms with Crippen LogP contribution in [0.1, 0.15) is 13.8 Å². The van der Waals surface area contributed by atoms with Gasteiger partial charge in [-0.2, -0.15) is 5.26 Å². The van der Waals surface area contributed by atoms with Gasteiger partial charge in [-0.25, -0.2) is 0 Å². The van der Waals surface area contributed by atoms with Crippen molar-refractivity contribution in [3.8, 4) is 6.07 Å². The zero-order valence-electron chi connectivity index (χ0n) is 9.62. The first-order valence-corrected chi connectivity index (χ1v) is 4.80. The lowest BCUT2D eigenvalue weighted by atomic mass is 9.94. The van der Waals surface area contributed by atoms with E-state index >= 15 is 0 Å². The van der Waals surface area contributed by atoms with Gasteiger partial charge in [0.1, 0.15) is 5.41 Å². The van der Waals surface area contributed by atoms with Crippen LogP contribution in [0.5, 0.6) is 0 Å². The summed E-state index contributed by atoms with van der Waals surface area (Å²) in [7, 11) is 1.58. The van der Waals surface area contributed by atoms with Gasteiger partial charge in [0.15, 0.2) is 0 Å². The molecule has 15 heavy (non-hydrogen) atoms. The highest BCUT2D eigenvalue weighted by Crippen LogP contribution is 2.17. The van der Waals surface area contributed by atoms with E-state index in [1.807, 2.05) is 6.07 Å². The Balaban J connectivity index is 4.55. The Labute approximate surface area is 91.1 Å². The first-order valence-electron chi connectivity index (χ1n) is 4.80. The van der Waals surface area contributed by atoms with Gasteiger partial charge in [0.2, 0.25) is 5.91 Å². The summed E-state index contributed by atoms with van der Waals surface area (Å²) >= 11 is 0. The molecule has 1 amide bonds. The van der Waals surface area contributed by atoms with Crippen molar-refractivity contribution in [1.82, 2.24) is 4.90 Å². The van der Waals surface area contributed by atoms with Gasteiger partial charge < -0.3 is 9.64 Å². The highest BCUT2D eigenvalue weighted by molar-refractivity contribution is 5.84. The van der Waals surface area contributed by atoms with Crippen LogP contribution in [0.3, 0.4) is 0 Å². The number of methoxy groups -OCH3 is 1. The van der Waals surface area contributed by atoms with E-state index in [4.69, 9.17) is 10.00 Å². The second-order valence-corrected chi connectivity index (χ2v) is 3.77. The Bertz CT molecular complexity index is 266. The Morgan fingerprint density at radius 2 is 2.27 bits per heavy atom. The lowest BCUT2D eigenvalue weighted by Crippen LogP contribution is -2.42. The van der Waals surface area contributed by atoms with Crippen molar-refractivity contribution in [2.75, 3.05) is 26.8 Å². The van der Waals surface area contributed by atoms with Crippen LogP contribution in [0.25, 0.3) is 0 Å². The summed E-state index contributed by atoms with van der Waals surface area (Å²) in [6.07, 6.45) is 1.64. The van der Waals surface area contributed by atoms with Crippen LogP contribution in [0.2, 0.25) is 0 Å². The molecule has 0 aromatic rings. The fourth-order valence-corrected chi connectivity index (χ4v) is 1.08. The van der Waals surface area contributed by atoms with Crippen LogP contribution >= 0.6 is 0 Å². The summed E-state index contributed by atoms with van der Waals surface area (Å²) in [6, 6.07) is 1.99. The molecule has 0 aliphatic carbocycles. The van der Waals surface area contributed by atoms with Crippen LogP contribution in [-0.4, -0.2) is 37.6 Å². The number of amides is 1. The third kappa shape index (κ3) is 4.13. The second-order valence-electron chi connectivity index (χ2n) is 3.77. The van der Waals surface area contributed by atoms with Crippen LogP contribution in [0.15, 0.2) is 12.7 Å². The summed E-state index contributed by atoms with van der Waals surface area (Å²) in [6.45, 7) is 8.18. The molecular formula is C11H18N2O2. The van der Waals surface area contributed by atoms with E-state index in [2.05, 4.69) is 6.58 Å². The standard InChI is InChI=1S/C11H18N2O2/c1-5-6-13(7-8-15-4)10(14)11(2,3)9-12/h5H,1,6-8H2,2-4H3. The lowest BCUT2D eigenvalue weighted by Gasteiger charge is -2.26. The summed E-state index contributed by atoms with van der Waals surface area (Å²) < 4.78 is 4.90. The van der Waals surface area contributed by atoms with Crippen molar-refractivity contribution in [3.05, 3.63) is 12.7 Å². The van der Waals surface area contributed by atoms with Gasteiger partial charge in [0.25, 0.3) is 0 Å². The summed E-state index contributed by atoms with van der Waals surface area (Å²) in [4.78, 5) is 13.5. The van der Waals surface area contributed by atoms with Crippen molar-refractivity contribution in [2.45, 2.75) is 13.8 Å². The number of ether oxygens (including phenoxy) is 1. The Morgan fingerprint density at radius 1 is 1.67 bits per heavy atom. The Kier molecular flexibility index (Phi) is 5.65. The maximum absolute atomic E-state index is 11.9. The minimum absolute atomic E-state index is 0.193. The van der Waals surface area contributed by atoms with Crippen LogP contribution < -0.4 is 0 Å². The fraction of sp³-hybridized carbons (Fsp3) is 0.636. The third-order valence-electron chi connectivity index (χ3n) is 2.02. The fourth-order valence-electron chi connectivity index (χ4n) is 1.08. The number of hydrogen-bond acceptors (Lipinski definition) is 3. The SMILES string of the molecule is C=CCN(CCOC)C(=O)C(C)(C)C#N. The zero-order chi connectivity index (χ0) is 11.9. The first-order chi connectivity index (χ1) is 6.99. The molecule has 0 aromatic carbocycles. The van der Waals surface area contributed by atoms with E-state index in [0.717, 1.165) is 0 Å². The normalized spacial score (nSPS) is 10.5. The Hall–Kier alpha value is -1.34. The molecular weight excluding hydrogens is 192 g/mol. The van der Waals surface area contributed by atoms with Gasteiger partial charge in [-0.1, -0.05) is 6.08 Å². The number of carbonyl (C=O) groups excluding carboxylic acids is 1. The van der Waals surface area contributed by atoms with Gasteiger partial charge in [0.05, 0.1) is 12.7 Å². The van der Waals surface area contributed by atoms with E-state index < -0.39 is 5.41 Å². The molecule has 0 spiro atoms. The monoisotopic (exact) mass is 210 g/mol. The molecule has 0 unspecified atom stereocenters. The molecule has 0 N–H and O–H groups in total. The number of hydrogen-bond donors (Lipinski definition) is 0. The minimum Gasteiger partial charge on any atom is -0.383 e. The zero-order valence-corrected chi connectivity index (χ0v) is 9.62. The van der Waals surface area contributed by atoms with E-state index in [0.29, 0.717) is 19.7 Å². The topological polar surface area (TPSA) is 53.3 Å². The molecule has 0 aromatic heterocycles. The molecule has 4 heteroatoms. The number of carbonyl (C=O) groups is 1. The van der Waals surface area contributed by atoms with E-state index in [1.54, 1.807) is 31.9 Å². The predicted molar refractivity (Wildman–Crippen MR) is 58.0 cm³/mol. The van der Waals surface area contributed by atoms with Crippen LogP contribution in [0.4, 0.5) is 0 Å². The smallest absolute Gasteiger partial charge is 0.242 e. The van der Waals surface area contributed by atoms with Crippen LogP contribution in [0, 0.1) is 16.7 Å². The first kappa shape index (κ1) is 13.7. The van der Waals surface area contributed by atoms with Crippen molar-refractivity contribution in [1.29, 1.82) is 5.26 Å². The van der Waals surface area contributed by atoms with Crippen molar-refractivity contribution >= 4 is 5.91 Å². The quantitative estimate of drug-likeness (QED) is 0.619. The molecule has 0 saturated carbocycles. The molecule has 0 heterocycles. The van der Waals surface area contributed by atoms with Gasteiger partial charge in [-0.15, -0.1) is 6.58 Å². The molecule has 0 aliphatic heterocycles.